The molecule has 0 atom stereocenters. The minimum absolute atomic E-state index is 0.217. The normalized spacial score (nSPS) is 15.9. The number of aromatic nitrogens is 3. The van der Waals surface area contributed by atoms with Crippen LogP contribution in [0.15, 0.2) is 58.0 Å². The minimum Gasteiger partial charge on any atom is -0.497 e. The van der Waals surface area contributed by atoms with Gasteiger partial charge in [-0.25, -0.2) is 13.4 Å². The molecule has 2 aromatic carbocycles. The van der Waals surface area contributed by atoms with Gasteiger partial charge in [0.2, 0.25) is 15.9 Å². The molecule has 1 fully saturated rings. The Balaban J connectivity index is 1.23. The largest absolute Gasteiger partial charge is 0.497 e. The molecule has 1 aliphatic rings. The van der Waals surface area contributed by atoms with Gasteiger partial charge >= 0.3 is 0 Å². The topological polar surface area (TPSA) is 102 Å². The lowest BCUT2D eigenvalue weighted by Gasteiger charge is -2.33. The summed E-state index contributed by atoms with van der Waals surface area (Å²) in [5, 5.41) is 0. The molecule has 5 rings (SSSR count). The lowest BCUT2D eigenvalue weighted by Crippen LogP contribution is -2.48. The van der Waals surface area contributed by atoms with Gasteiger partial charge in [-0.2, -0.15) is 13.1 Å². The molecule has 9 nitrogen and oxygen atoms in total. The number of hydrogen-bond donors (Lipinski definition) is 0. The molecule has 0 bridgehead atoms. The van der Waals surface area contributed by atoms with E-state index in [-0.39, 0.29) is 4.90 Å². The number of piperazine rings is 1. The van der Waals surface area contributed by atoms with Crippen molar-refractivity contribution in [3.63, 3.8) is 0 Å². The van der Waals surface area contributed by atoms with Gasteiger partial charge in [-0.1, -0.05) is 6.07 Å². The Bertz CT molecular complexity index is 1330. The molecule has 2 aromatic heterocycles. The highest BCUT2D eigenvalue weighted by Gasteiger charge is 2.31. The predicted molar refractivity (Wildman–Crippen MR) is 120 cm³/mol. The lowest BCUT2D eigenvalue weighted by molar-refractivity contribution is 0.169. The molecule has 0 aliphatic carbocycles. The fourth-order valence-corrected chi connectivity index (χ4v) is 5.89. The van der Waals surface area contributed by atoms with Crippen molar-refractivity contribution in [2.45, 2.75) is 11.4 Å². The second kappa shape index (κ2) is 8.58. The molecule has 0 spiro atoms. The summed E-state index contributed by atoms with van der Waals surface area (Å²) in [6, 6.07) is 12.7. The molecule has 0 radical (unpaired) electrons. The predicted octanol–water partition coefficient (Wildman–Crippen LogP) is 2.86. The monoisotopic (exact) mass is 471 g/mol. The van der Waals surface area contributed by atoms with E-state index < -0.39 is 10.0 Å². The average molecular weight is 472 g/mol. The van der Waals surface area contributed by atoms with E-state index in [1.807, 2.05) is 24.3 Å². The third kappa shape index (κ3) is 3.99. The van der Waals surface area contributed by atoms with Crippen molar-refractivity contribution in [2.24, 2.45) is 0 Å². The maximum Gasteiger partial charge on any atom is 0.245 e. The SMILES string of the molecule is COc1ccc(-c2cnc(CN3CCN(S(=O)(=O)c4cccc5nsnc45)CC3)o2)cc1. The molecule has 0 N–H and O–H groups in total. The lowest BCUT2D eigenvalue weighted by atomic mass is 10.2. The van der Waals surface area contributed by atoms with Gasteiger partial charge in [0.1, 0.15) is 21.7 Å². The van der Waals surface area contributed by atoms with Crippen LogP contribution in [0.25, 0.3) is 22.4 Å². The van der Waals surface area contributed by atoms with E-state index in [1.165, 1.54) is 4.31 Å². The number of ether oxygens (including phenoxy) is 1. The Morgan fingerprint density at radius 1 is 1.06 bits per heavy atom. The molecule has 1 aliphatic heterocycles. The van der Waals surface area contributed by atoms with E-state index >= 15 is 0 Å². The summed E-state index contributed by atoms with van der Waals surface area (Å²) in [6.45, 7) is 2.48. The van der Waals surface area contributed by atoms with Crippen LogP contribution >= 0.6 is 11.7 Å². The molecule has 4 aromatic rings. The van der Waals surface area contributed by atoms with Crippen LogP contribution < -0.4 is 4.74 Å². The second-order valence-electron chi connectivity index (χ2n) is 7.42. The van der Waals surface area contributed by atoms with Crippen LogP contribution in [-0.4, -0.2) is 64.6 Å². The Morgan fingerprint density at radius 3 is 2.59 bits per heavy atom. The fourth-order valence-electron chi connectivity index (χ4n) is 3.72. The number of hydrogen-bond acceptors (Lipinski definition) is 9. The maximum atomic E-state index is 13.2. The Morgan fingerprint density at radius 2 is 1.84 bits per heavy atom. The van der Waals surface area contributed by atoms with Crippen molar-refractivity contribution >= 4 is 32.8 Å². The first-order chi connectivity index (χ1) is 15.5. The van der Waals surface area contributed by atoms with Crippen molar-refractivity contribution in [1.29, 1.82) is 0 Å². The van der Waals surface area contributed by atoms with Crippen LogP contribution in [0.2, 0.25) is 0 Å². The quantitative estimate of drug-likeness (QED) is 0.423. The Kier molecular flexibility index (Phi) is 5.64. The smallest absolute Gasteiger partial charge is 0.245 e. The van der Waals surface area contributed by atoms with E-state index in [0.29, 0.717) is 55.4 Å². The standard InChI is InChI=1S/C21H21N5O4S2/c1-29-16-7-5-15(6-8-16)18-13-22-20(30-18)14-25-9-11-26(12-10-25)32(27,28)19-4-2-3-17-21(19)24-31-23-17/h2-8,13H,9-12,14H2,1H3. The van der Waals surface area contributed by atoms with E-state index in [1.54, 1.807) is 31.5 Å². The van der Waals surface area contributed by atoms with Crippen LogP contribution in [0.1, 0.15) is 5.89 Å². The van der Waals surface area contributed by atoms with Gasteiger partial charge in [0.15, 0.2) is 5.76 Å². The first-order valence-corrected chi connectivity index (χ1v) is 12.2. The van der Waals surface area contributed by atoms with Crippen LogP contribution in [0.5, 0.6) is 5.75 Å². The van der Waals surface area contributed by atoms with Gasteiger partial charge < -0.3 is 9.15 Å². The second-order valence-corrected chi connectivity index (χ2v) is 9.85. The number of nitrogens with zero attached hydrogens (tertiary/aromatic N) is 5. The molecule has 0 saturated carbocycles. The van der Waals surface area contributed by atoms with Gasteiger partial charge in [0, 0.05) is 31.7 Å². The summed E-state index contributed by atoms with van der Waals surface area (Å²) in [6.07, 6.45) is 1.71. The molecule has 0 amide bonds. The first kappa shape index (κ1) is 21.0. The van der Waals surface area contributed by atoms with Gasteiger partial charge in [-0.15, -0.1) is 0 Å². The molecule has 0 unspecified atom stereocenters. The molecule has 1 saturated heterocycles. The molecule has 3 heterocycles. The van der Waals surface area contributed by atoms with E-state index in [9.17, 15) is 8.42 Å². The van der Waals surface area contributed by atoms with Crippen LogP contribution in [0.3, 0.4) is 0 Å². The molecular formula is C21H21N5O4S2. The number of sulfonamides is 1. The van der Waals surface area contributed by atoms with Gasteiger partial charge in [-0.05, 0) is 36.4 Å². The van der Waals surface area contributed by atoms with Crippen molar-refractivity contribution in [2.75, 3.05) is 33.3 Å². The van der Waals surface area contributed by atoms with Crippen LogP contribution in [0, 0.1) is 0 Å². The van der Waals surface area contributed by atoms with Crippen molar-refractivity contribution in [3.8, 4) is 17.1 Å². The van der Waals surface area contributed by atoms with Crippen molar-refractivity contribution in [1.82, 2.24) is 22.9 Å². The average Bonchev–Trinajstić information content (AvgIpc) is 3.49. The highest BCUT2D eigenvalue weighted by molar-refractivity contribution is 7.89. The zero-order chi connectivity index (χ0) is 22.1. The summed E-state index contributed by atoms with van der Waals surface area (Å²) < 4.78 is 47.3. The summed E-state index contributed by atoms with van der Waals surface area (Å²) >= 11 is 1.02. The highest BCUT2D eigenvalue weighted by Crippen LogP contribution is 2.26. The fraction of sp³-hybridized carbons (Fsp3) is 0.286. The number of oxazole rings is 1. The van der Waals surface area contributed by atoms with Gasteiger partial charge in [-0.3, -0.25) is 4.90 Å². The van der Waals surface area contributed by atoms with Crippen molar-refractivity contribution < 1.29 is 17.6 Å². The van der Waals surface area contributed by atoms with Crippen LogP contribution in [-0.2, 0) is 16.6 Å². The number of benzene rings is 2. The van der Waals surface area contributed by atoms with Crippen molar-refractivity contribution in [3.05, 3.63) is 54.6 Å². The maximum absolute atomic E-state index is 13.2. The summed E-state index contributed by atoms with van der Waals surface area (Å²) in [5.74, 6) is 2.07. The minimum atomic E-state index is -3.63. The van der Waals surface area contributed by atoms with E-state index in [0.717, 1.165) is 23.0 Å². The molecule has 32 heavy (non-hydrogen) atoms. The molecule has 11 heteroatoms. The Labute approximate surface area is 189 Å². The van der Waals surface area contributed by atoms with Gasteiger partial charge in [0.25, 0.3) is 0 Å². The highest BCUT2D eigenvalue weighted by atomic mass is 32.2. The summed E-state index contributed by atoms with van der Waals surface area (Å²) in [4.78, 5) is 6.74. The zero-order valence-electron chi connectivity index (χ0n) is 17.3. The third-order valence-electron chi connectivity index (χ3n) is 5.49. The number of fused-ring (bicyclic) bond motifs is 1. The number of methoxy groups -OCH3 is 1. The van der Waals surface area contributed by atoms with E-state index in [2.05, 4.69) is 18.6 Å². The number of rotatable bonds is 6. The molecular weight excluding hydrogens is 450 g/mol. The van der Waals surface area contributed by atoms with Gasteiger partial charge in [0.05, 0.1) is 31.6 Å². The zero-order valence-corrected chi connectivity index (χ0v) is 19.0. The summed E-state index contributed by atoms with van der Waals surface area (Å²) in [7, 11) is -2.00. The summed E-state index contributed by atoms with van der Waals surface area (Å²) in [5.41, 5.74) is 1.96. The third-order valence-corrected chi connectivity index (χ3v) is 7.96. The first-order valence-electron chi connectivity index (χ1n) is 10.1. The molecule has 166 valence electrons. The van der Waals surface area contributed by atoms with Crippen LogP contribution in [0.4, 0.5) is 0 Å². The van der Waals surface area contributed by atoms with E-state index in [4.69, 9.17) is 9.15 Å². The Hall–Kier alpha value is -2.86.